The van der Waals surface area contributed by atoms with Gasteiger partial charge in [-0.2, -0.15) is 0 Å². The summed E-state index contributed by atoms with van der Waals surface area (Å²) in [6, 6.07) is 0. The second-order valence-corrected chi connectivity index (χ2v) is 6.67. The third-order valence-electron chi connectivity index (χ3n) is 4.62. The number of aliphatic hydroxyl groups is 9. The molecule has 11 unspecified atom stereocenters. The Morgan fingerprint density at radius 1 is 0.714 bits per heavy atom. The van der Waals surface area contributed by atoms with Crippen molar-refractivity contribution in [1.29, 1.82) is 0 Å². The van der Waals surface area contributed by atoms with Crippen LogP contribution in [0.25, 0.3) is 0 Å². The van der Waals surface area contributed by atoms with E-state index in [0.717, 1.165) is 0 Å². The number of rotatable bonds is 8. The van der Waals surface area contributed by atoms with Crippen LogP contribution in [0.4, 0.5) is 0 Å². The summed E-state index contributed by atoms with van der Waals surface area (Å²) in [6.45, 7) is -2.41. The van der Waals surface area contributed by atoms with Crippen molar-refractivity contribution in [3.05, 3.63) is 0 Å². The number of hydrogen-bond acceptors (Lipinski definition) is 13. The highest BCUT2D eigenvalue weighted by molar-refractivity contribution is 4.94. The molecule has 2 saturated heterocycles. The first-order valence-corrected chi connectivity index (χ1v) is 8.74. The highest BCUT2D eigenvalue weighted by Gasteiger charge is 2.50. The Morgan fingerprint density at radius 3 is 1.86 bits per heavy atom. The van der Waals surface area contributed by atoms with Crippen LogP contribution in [0.2, 0.25) is 0 Å². The molecule has 9 N–H and O–H groups in total. The van der Waals surface area contributed by atoms with E-state index >= 15 is 0 Å². The van der Waals surface area contributed by atoms with Gasteiger partial charge in [0.05, 0.1) is 26.4 Å². The van der Waals surface area contributed by atoms with E-state index in [2.05, 4.69) is 0 Å². The lowest BCUT2D eigenvalue weighted by Crippen LogP contribution is -2.64. The predicted octanol–water partition coefficient (Wildman–Crippen LogP) is -6.02. The molecule has 2 fully saturated rings. The lowest BCUT2D eigenvalue weighted by atomic mass is 9.97. The van der Waals surface area contributed by atoms with Gasteiger partial charge in [0.15, 0.2) is 12.6 Å². The van der Waals surface area contributed by atoms with E-state index in [1.165, 1.54) is 0 Å². The minimum absolute atomic E-state index is 0.415. The standard InChI is InChI=1S/C15H28O13/c16-1-5(19)4-25-14-12(24)10(22)13(7(3-18)27-14)28-15-11(23)9(21)8(20)6(2-17)26-15/h5-24H,1-4H2. The summed E-state index contributed by atoms with van der Waals surface area (Å²) in [6.07, 6.45) is -16.7. The number of hydrogen-bond donors (Lipinski definition) is 9. The molecule has 0 saturated carbocycles. The summed E-state index contributed by atoms with van der Waals surface area (Å²) in [5, 5.41) is 86.9. The van der Waals surface area contributed by atoms with Crippen molar-refractivity contribution < 1.29 is 64.9 Å². The zero-order valence-electron chi connectivity index (χ0n) is 14.8. The zero-order chi connectivity index (χ0) is 21.0. The molecule has 2 rings (SSSR count). The molecule has 166 valence electrons. The maximum Gasteiger partial charge on any atom is 0.187 e. The Kier molecular flexibility index (Phi) is 8.90. The van der Waals surface area contributed by atoms with Crippen molar-refractivity contribution in [3.8, 4) is 0 Å². The molecule has 13 heteroatoms. The quantitative estimate of drug-likeness (QED) is 0.180. The molecule has 0 radical (unpaired) electrons. The Bertz CT molecular complexity index is 463. The van der Waals surface area contributed by atoms with Gasteiger partial charge in [-0.3, -0.25) is 0 Å². The largest absolute Gasteiger partial charge is 0.394 e. The molecule has 0 aromatic carbocycles. The fourth-order valence-corrected chi connectivity index (χ4v) is 2.95. The van der Waals surface area contributed by atoms with E-state index < -0.39 is 93.9 Å². The highest BCUT2D eigenvalue weighted by Crippen LogP contribution is 2.29. The van der Waals surface area contributed by atoms with Gasteiger partial charge in [-0.25, -0.2) is 0 Å². The summed E-state index contributed by atoms with van der Waals surface area (Å²) < 4.78 is 20.9. The van der Waals surface area contributed by atoms with E-state index in [0.29, 0.717) is 0 Å². The molecule has 0 aliphatic carbocycles. The molecule has 11 atom stereocenters. The Morgan fingerprint density at radius 2 is 1.29 bits per heavy atom. The Balaban J connectivity index is 2.06. The molecule has 0 amide bonds. The van der Waals surface area contributed by atoms with Crippen LogP contribution in [-0.2, 0) is 18.9 Å². The molecule has 28 heavy (non-hydrogen) atoms. The van der Waals surface area contributed by atoms with Crippen molar-refractivity contribution in [2.75, 3.05) is 26.4 Å². The van der Waals surface area contributed by atoms with Crippen molar-refractivity contribution in [2.24, 2.45) is 0 Å². The molecule has 2 aliphatic rings. The molecular formula is C15H28O13. The second kappa shape index (κ2) is 10.5. The average molecular weight is 416 g/mol. The van der Waals surface area contributed by atoms with Gasteiger partial charge in [0, 0.05) is 0 Å². The van der Waals surface area contributed by atoms with Crippen LogP contribution in [0.1, 0.15) is 0 Å². The third-order valence-corrected chi connectivity index (χ3v) is 4.62. The molecule has 0 aromatic rings. The van der Waals surface area contributed by atoms with E-state index in [1.54, 1.807) is 0 Å². The molecule has 0 spiro atoms. The van der Waals surface area contributed by atoms with E-state index in [4.69, 9.17) is 24.1 Å². The van der Waals surface area contributed by atoms with Crippen LogP contribution in [-0.4, -0.2) is 140 Å². The molecule has 0 bridgehead atoms. The van der Waals surface area contributed by atoms with Gasteiger partial charge in [-0.1, -0.05) is 0 Å². The van der Waals surface area contributed by atoms with Gasteiger partial charge in [0.2, 0.25) is 0 Å². The van der Waals surface area contributed by atoms with Crippen molar-refractivity contribution >= 4 is 0 Å². The smallest absolute Gasteiger partial charge is 0.187 e. The van der Waals surface area contributed by atoms with Crippen molar-refractivity contribution in [1.82, 2.24) is 0 Å². The van der Waals surface area contributed by atoms with Crippen LogP contribution >= 0.6 is 0 Å². The maximum atomic E-state index is 10.3. The zero-order valence-corrected chi connectivity index (χ0v) is 14.8. The number of aliphatic hydroxyl groups excluding tert-OH is 9. The first kappa shape index (κ1) is 23.8. The van der Waals surface area contributed by atoms with Gasteiger partial charge in [0.1, 0.15) is 54.9 Å². The monoisotopic (exact) mass is 416 g/mol. The Labute approximate surface area is 159 Å². The van der Waals surface area contributed by atoms with Crippen LogP contribution in [0.15, 0.2) is 0 Å². The highest BCUT2D eigenvalue weighted by atomic mass is 16.7. The van der Waals surface area contributed by atoms with Crippen LogP contribution < -0.4 is 0 Å². The van der Waals surface area contributed by atoms with Gasteiger partial charge in [-0.05, 0) is 0 Å². The van der Waals surface area contributed by atoms with E-state index in [1.807, 2.05) is 0 Å². The Hall–Kier alpha value is -0.520. The minimum atomic E-state index is -1.75. The molecule has 0 aromatic heterocycles. The number of ether oxygens (including phenoxy) is 4. The first-order chi connectivity index (χ1) is 13.2. The summed E-state index contributed by atoms with van der Waals surface area (Å²) >= 11 is 0. The fraction of sp³-hybridized carbons (Fsp3) is 1.00. The minimum Gasteiger partial charge on any atom is -0.394 e. The topological polar surface area (TPSA) is 219 Å². The summed E-state index contributed by atoms with van der Waals surface area (Å²) in [5.74, 6) is 0. The fourth-order valence-electron chi connectivity index (χ4n) is 2.95. The van der Waals surface area contributed by atoms with Crippen molar-refractivity contribution in [2.45, 2.75) is 67.5 Å². The molecule has 2 heterocycles. The second-order valence-electron chi connectivity index (χ2n) is 6.67. The molecule has 13 nitrogen and oxygen atoms in total. The lowest BCUT2D eigenvalue weighted by molar-refractivity contribution is -0.360. The van der Waals surface area contributed by atoms with Gasteiger partial charge >= 0.3 is 0 Å². The van der Waals surface area contributed by atoms with Crippen LogP contribution in [0, 0.1) is 0 Å². The SMILES string of the molecule is OCC(O)COC1OC(CO)C(OC2OC(CO)C(O)C(O)C2O)C(O)C1O. The van der Waals surface area contributed by atoms with Crippen molar-refractivity contribution in [3.63, 3.8) is 0 Å². The van der Waals surface area contributed by atoms with Gasteiger partial charge in [-0.15, -0.1) is 0 Å². The first-order valence-electron chi connectivity index (χ1n) is 8.74. The summed E-state index contributed by atoms with van der Waals surface area (Å²) in [7, 11) is 0. The third kappa shape index (κ3) is 5.14. The van der Waals surface area contributed by atoms with E-state index in [-0.39, 0.29) is 0 Å². The summed E-state index contributed by atoms with van der Waals surface area (Å²) in [4.78, 5) is 0. The van der Waals surface area contributed by atoms with Gasteiger partial charge < -0.3 is 64.9 Å². The maximum absolute atomic E-state index is 10.3. The molecular weight excluding hydrogens is 388 g/mol. The summed E-state index contributed by atoms with van der Waals surface area (Å²) in [5.41, 5.74) is 0. The van der Waals surface area contributed by atoms with Crippen LogP contribution in [0.5, 0.6) is 0 Å². The van der Waals surface area contributed by atoms with Gasteiger partial charge in [0.25, 0.3) is 0 Å². The normalized spacial score (nSPS) is 45.8. The lowest BCUT2D eigenvalue weighted by Gasteiger charge is -2.46. The average Bonchev–Trinajstić information content (AvgIpc) is 2.70. The van der Waals surface area contributed by atoms with Crippen LogP contribution in [0.3, 0.4) is 0 Å². The predicted molar refractivity (Wildman–Crippen MR) is 85.4 cm³/mol. The van der Waals surface area contributed by atoms with E-state index in [9.17, 15) is 40.9 Å². The molecule has 2 aliphatic heterocycles.